The van der Waals surface area contributed by atoms with Crippen LogP contribution in [0.5, 0.6) is 0 Å². The first-order valence-corrected chi connectivity index (χ1v) is 9.30. The fraction of sp³-hybridized carbons (Fsp3) is 0.900. The van der Waals surface area contributed by atoms with Crippen molar-refractivity contribution in [3.8, 4) is 0 Å². The summed E-state index contributed by atoms with van der Waals surface area (Å²) in [6.07, 6.45) is 15.4. The molecule has 4 aliphatic rings. The summed E-state index contributed by atoms with van der Waals surface area (Å²) in [5.41, 5.74) is 1.27. The highest BCUT2D eigenvalue weighted by Crippen LogP contribution is 2.65. The molecule has 3 saturated carbocycles. The van der Waals surface area contributed by atoms with Crippen LogP contribution in [0.1, 0.15) is 71.6 Å². The summed E-state index contributed by atoms with van der Waals surface area (Å²) in [7, 11) is 1.85. The summed E-state index contributed by atoms with van der Waals surface area (Å²) in [5, 5.41) is 0. The molecule has 0 unspecified atom stereocenters. The number of rotatable bonds is 1. The molecule has 0 aromatic carbocycles. The van der Waals surface area contributed by atoms with Crippen LogP contribution in [0, 0.1) is 34.5 Å². The first-order valence-electron chi connectivity index (χ1n) is 9.30. The first kappa shape index (κ1) is 14.2. The van der Waals surface area contributed by atoms with Crippen molar-refractivity contribution in [3.63, 3.8) is 0 Å². The Balaban J connectivity index is 1.63. The fourth-order valence-electron chi connectivity index (χ4n) is 7.01. The number of methoxy groups -OCH3 is 1. The van der Waals surface area contributed by atoms with Crippen molar-refractivity contribution in [2.24, 2.45) is 34.5 Å². The van der Waals surface area contributed by atoms with Gasteiger partial charge in [-0.25, -0.2) is 0 Å². The number of allylic oxidation sites excluding steroid dienone is 2. The van der Waals surface area contributed by atoms with Crippen LogP contribution in [0.25, 0.3) is 0 Å². The largest absolute Gasteiger partial charge is 0.501 e. The molecule has 118 valence electrons. The van der Waals surface area contributed by atoms with Gasteiger partial charge >= 0.3 is 0 Å². The van der Waals surface area contributed by atoms with E-state index in [2.05, 4.69) is 19.9 Å². The fourth-order valence-corrected chi connectivity index (χ4v) is 7.01. The second-order valence-corrected chi connectivity index (χ2v) is 9.02. The van der Waals surface area contributed by atoms with Gasteiger partial charge in [0.2, 0.25) is 0 Å². The van der Waals surface area contributed by atoms with Gasteiger partial charge in [0.25, 0.3) is 0 Å². The average molecular weight is 288 g/mol. The molecule has 0 aromatic rings. The highest BCUT2D eigenvalue weighted by atomic mass is 16.5. The highest BCUT2D eigenvalue weighted by molar-refractivity contribution is 5.13. The molecule has 0 radical (unpaired) electrons. The number of hydrogen-bond donors (Lipinski definition) is 0. The second kappa shape index (κ2) is 4.77. The van der Waals surface area contributed by atoms with Gasteiger partial charge in [0.05, 0.1) is 12.9 Å². The summed E-state index contributed by atoms with van der Waals surface area (Å²) in [4.78, 5) is 0. The SMILES string of the molecule is COC1=CC[C@@]2(C)[C@@H](CC[C@H]3[C@H]4CCC[C@@]4(C)CC[C@H]32)C1. The molecule has 0 N–H and O–H groups in total. The molecule has 1 heteroatoms. The molecule has 6 atom stereocenters. The molecule has 3 fully saturated rings. The van der Waals surface area contributed by atoms with Gasteiger partial charge in [0.1, 0.15) is 0 Å². The third kappa shape index (κ3) is 1.95. The van der Waals surface area contributed by atoms with Gasteiger partial charge in [-0.05, 0) is 85.5 Å². The van der Waals surface area contributed by atoms with Crippen LogP contribution in [0.3, 0.4) is 0 Å². The summed E-state index contributed by atoms with van der Waals surface area (Å²) < 4.78 is 5.57. The molecule has 0 saturated heterocycles. The van der Waals surface area contributed by atoms with Gasteiger partial charge < -0.3 is 4.74 Å². The van der Waals surface area contributed by atoms with Crippen molar-refractivity contribution in [1.29, 1.82) is 0 Å². The third-order valence-corrected chi connectivity index (χ3v) is 8.33. The molecule has 21 heavy (non-hydrogen) atoms. The Morgan fingerprint density at radius 2 is 1.90 bits per heavy atom. The van der Waals surface area contributed by atoms with E-state index in [9.17, 15) is 0 Å². The lowest BCUT2D eigenvalue weighted by Crippen LogP contribution is -2.51. The monoisotopic (exact) mass is 288 g/mol. The average Bonchev–Trinajstić information content (AvgIpc) is 2.88. The number of ether oxygens (including phenoxy) is 1. The number of fused-ring (bicyclic) bond motifs is 5. The van der Waals surface area contributed by atoms with Gasteiger partial charge in [-0.2, -0.15) is 0 Å². The van der Waals surface area contributed by atoms with Gasteiger partial charge in [0, 0.05) is 6.42 Å². The van der Waals surface area contributed by atoms with Gasteiger partial charge in [-0.1, -0.05) is 20.3 Å². The standard InChI is InChI=1S/C20H32O/c1-19-10-4-5-17(19)16-7-6-14-13-15(21-3)8-12-20(14,2)18(16)9-11-19/h8,14,16-18H,4-7,9-13H2,1-3H3/t14-,16-,17+,18+,19-,20-/m0/s1. The van der Waals surface area contributed by atoms with Crippen LogP contribution < -0.4 is 0 Å². The Morgan fingerprint density at radius 1 is 1.05 bits per heavy atom. The Bertz CT molecular complexity index is 453. The molecule has 0 aromatic heterocycles. The molecular formula is C20H32O. The van der Waals surface area contributed by atoms with Crippen LogP contribution in [-0.2, 0) is 4.74 Å². The minimum atomic E-state index is 0.564. The minimum Gasteiger partial charge on any atom is -0.501 e. The van der Waals surface area contributed by atoms with Crippen LogP contribution >= 0.6 is 0 Å². The van der Waals surface area contributed by atoms with E-state index in [1.54, 1.807) is 0 Å². The van der Waals surface area contributed by atoms with Crippen molar-refractivity contribution in [2.45, 2.75) is 71.6 Å². The van der Waals surface area contributed by atoms with E-state index in [-0.39, 0.29) is 0 Å². The molecule has 0 amide bonds. The van der Waals surface area contributed by atoms with E-state index < -0.39 is 0 Å². The lowest BCUT2D eigenvalue weighted by Gasteiger charge is -2.59. The highest BCUT2D eigenvalue weighted by Gasteiger charge is 2.57. The zero-order valence-electron chi connectivity index (χ0n) is 14.2. The minimum absolute atomic E-state index is 0.564. The van der Waals surface area contributed by atoms with Gasteiger partial charge in [-0.3, -0.25) is 0 Å². The van der Waals surface area contributed by atoms with E-state index >= 15 is 0 Å². The van der Waals surface area contributed by atoms with Crippen LogP contribution in [0.15, 0.2) is 11.8 Å². The van der Waals surface area contributed by atoms with Crippen LogP contribution in [0.2, 0.25) is 0 Å². The van der Waals surface area contributed by atoms with E-state index in [1.165, 1.54) is 63.5 Å². The Labute approximate surface area is 130 Å². The topological polar surface area (TPSA) is 9.23 Å². The molecule has 0 heterocycles. The first-order chi connectivity index (χ1) is 10.1. The predicted molar refractivity (Wildman–Crippen MR) is 86.8 cm³/mol. The summed E-state index contributed by atoms with van der Waals surface area (Å²) in [6.45, 7) is 5.23. The van der Waals surface area contributed by atoms with E-state index in [0.717, 1.165) is 23.7 Å². The number of hydrogen-bond acceptors (Lipinski definition) is 1. The van der Waals surface area contributed by atoms with E-state index in [0.29, 0.717) is 10.8 Å². The van der Waals surface area contributed by atoms with E-state index in [1.807, 2.05) is 7.11 Å². The second-order valence-electron chi connectivity index (χ2n) is 9.02. The van der Waals surface area contributed by atoms with Crippen molar-refractivity contribution < 1.29 is 4.74 Å². The van der Waals surface area contributed by atoms with Crippen molar-refractivity contribution >= 4 is 0 Å². The summed E-state index contributed by atoms with van der Waals surface area (Å²) in [6, 6.07) is 0. The molecule has 0 bridgehead atoms. The van der Waals surface area contributed by atoms with Crippen LogP contribution in [0.4, 0.5) is 0 Å². The quantitative estimate of drug-likeness (QED) is 0.614. The Morgan fingerprint density at radius 3 is 2.71 bits per heavy atom. The molecule has 0 spiro atoms. The Hall–Kier alpha value is -0.460. The summed E-state index contributed by atoms with van der Waals surface area (Å²) >= 11 is 0. The molecular weight excluding hydrogens is 256 g/mol. The zero-order valence-corrected chi connectivity index (χ0v) is 14.2. The van der Waals surface area contributed by atoms with Gasteiger partial charge in [0.15, 0.2) is 0 Å². The van der Waals surface area contributed by atoms with Crippen molar-refractivity contribution in [1.82, 2.24) is 0 Å². The lowest BCUT2D eigenvalue weighted by atomic mass is 9.46. The summed E-state index contributed by atoms with van der Waals surface area (Å²) in [5.74, 6) is 5.20. The molecule has 1 nitrogen and oxygen atoms in total. The van der Waals surface area contributed by atoms with E-state index in [4.69, 9.17) is 4.74 Å². The van der Waals surface area contributed by atoms with Crippen LogP contribution in [-0.4, -0.2) is 7.11 Å². The third-order valence-electron chi connectivity index (χ3n) is 8.33. The smallest absolute Gasteiger partial charge is 0.0918 e. The maximum absolute atomic E-state index is 5.57. The van der Waals surface area contributed by atoms with Crippen molar-refractivity contribution in [2.75, 3.05) is 7.11 Å². The lowest BCUT2D eigenvalue weighted by molar-refractivity contribution is -0.0916. The molecule has 4 aliphatic carbocycles. The van der Waals surface area contributed by atoms with Crippen molar-refractivity contribution in [3.05, 3.63) is 11.8 Å². The Kier molecular flexibility index (Phi) is 3.21. The maximum Gasteiger partial charge on any atom is 0.0918 e. The molecule has 4 rings (SSSR count). The van der Waals surface area contributed by atoms with Gasteiger partial charge in [-0.15, -0.1) is 0 Å². The predicted octanol–water partition coefficient (Wildman–Crippen LogP) is 5.56. The molecule has 0 aliphatic heterocycles. The zero-order chi connectivity index (χ0) is 14.7. The normalized spacial score (nSPS) is 52.4. The maximum atomic E-state index is 5.57.